The number of nitro groups is 1. The predicted molar refractivity (Wildman–Crippen MR) is 118 cm³/mol. The molecule has 0 bridgehead atoms. The van der Waals surface area contributed by atoms with Crippen LogP contribution in [-0.2, 0) is 0 Å². The predicted octanol–water partition coefficient (Wildman–Crippen LogP) is 2.92. The molecule has 0 aliphatic heterocycles. The van der Waals surface area contributed by atoms with E-state index in [9.17, 15) is 19.7 Å². The van der Waals surface area contributed by atoms with Gasteiger partial charge in [0.1, 0.15) is 24.7 Å². The molecule has 166 valence electrons. The quantitative estimate of drug-likeness (QED) is 0.297. The highest BCUT2D eigenvalue weighted by Crippen LogP contribution is 2.29. The molecule has 1 heterocycles. The molecule has 0 unspecified atom stereocenters. The van der Waals surface area contributed by atoms with Crippen LogP contribution in [0, 0.1) is 17.0 Å². The summed E-state index contributed by atoms with van der Waals surface area (Å²) < 4.78 is 16.7. The van der Waals surface area contributed by atoms with Crippen molar-refractivity contribution < 1.29 is 19.1 Å². The van der Waals surface area contributed by atoms with Crippen molar-refractivity contribution in [3.05, 3.63) is 90.2 Å². The molecule has 2 N–H and O–H groups in total. The highest BCUT2D eigenvalue weighted by molar-refractivity contribution is 5.72. The van der Waals surface area contributed by atoms with Gasteiger partial charge in [-0.3, -0.25) is 19.9 Å². The average molecular weight is 439 g/mol. The van der Waals surface area contributed by atoms with Crippen LogP contribution in [0.2, 0.25) is 0 Å². The van der Waals surface area contributed by atoms with Gasteiger partial charge in [-0.1, -0.05) is 29.8 Å². The van der Waals surface area contributed by atoms with E-state index >= 15 is 0 Å². The summed E-state index contributed by atoms with van der Waals surface area (Å²) >= 11 is 0. The number of ether oxygens (including phenoxy) is 3. The van der Waals surface area contributed by atoms with E-state index in [1.165, 1.54) is 19.3 Å². The van der Waals surface area contributed by atoms with Gasteiger partial charge < -0.3 is 19.2 Å². The fourth-order valence-electron chi connectivity index (χ4n) is 2.83. The Morgan fingerprint density at radius 3 is 2.38 bits per heavy atom. The molecule has 0 fully saturated rings. The van der Waals surface area contributed by atoms with Crippen molar-refractivity contribution in [1.29, 1.82) is 0 Å². The third-order valence-electron chi connectivity index (χ3n) is 4.39. The van der Waals surface area contributed by atoms with Crippen LogP contribution in [0.25, 0.3) is 12.2 Å². The lowest BCUT2D eigenvalue weighted by Crippen LogP contribution is -2.25. The number of hydrogen-bond donors (Lipinski definition) is 2. The molecular weight excluding hydrogens is 418 g/mol. The number of aromatic amines is 2. The molecule has 0 atom stereocenters. The van der Waals surface area contributed by atoms with E-state index in [0.717, 1.165) is 11.3 Å². The zero-order valence-corrected chi connectivity index (χ0v) is 17.4. The van der Waals surface area contributed by atoms with Crippen molar-refractivity contribution in [3.63, 3.8) is 0 Å². The molecule has 3 aromatic rings. The highest BCUT2D eigenvalue weighted by atomic mass is 16.6. The fraction of sp³-hybridized carbons (Fsp3) is 0.182. The van der Waals surface area contributed by atoms with Crippen molar-refractivity contribution in [1.82, 2.24) is 9.97 Å². The average Bonchev–Trinajstić information content (AvgIpc) is 2.76. The second-order valence-corrected chi connectivity index (χ2v) is 6.68. The molecule has 0 saturated heterocycles. The molecule has 1 aromatic heterocycles. The number of nitrogens with one attached hydrogen (secondary N) is 2. The lowest BCUT2D eigenvalue weighted by molar-refractivity contribution is -0.386. The summed E-state index contributed by atoms with van der Waals surface area (Å²) in [6.45, 7) is 2.63. The van der Waals surface area contributed by atoms with E-state index in [2.05, 4.69) is 4.98 Å². The van der Waals surface area contributed by atoms with Crippen LogP contribution in [-0.4, -0.2) is 35.2 Å². The molecular formula is C22H21N3O7. The van der Waals surface area contributed by atoms with E-state index in [0.29, 0.717) is 30.3 Å². The Morgan fingerprint density at radius 2 is 1.69 bits per heavy atom. The van der Waals surface area contributed by atoms with Crippen molar-refractivity contribution in [2.45, 2.75) is 6.92 Å². The first-order valence-electron chi connectivity index (χ1n) is 9.57. The number of benzene rings is 2. The van der Waals surface area contributed by atoms with Crippen LogP contribution in [0.1, 0.15) is 16.8 Å². The molecule has 0 aliphatic carbocycles. The van der Waals surface area contributed by atoms with E-state index in [4.69, 9.17) is 14.2 Å². The minimum atomic E-state index is -1.08. The first-order chi connectivity index (χ1) is 15.4. The van der Waals surface area contributed by atoms with E-state index in [1.54, 1.807) is 18.2 Å². The Morgan fingerprint density at radius 1 is 0.969 bits per heavy atom. The van der Waals surface area contributed by atoms with E-state index in [-0.39, 0.29) is 5.69 Å². The van der Waals surface area contributed by atoms with Crippen LogP contribution >= 0.6 is 0 Å². The van der Waals surface area contributed by atoms with Crippen molar-refractivity contribution in [3.8, 4) is 17.2 Å². The number of aryl methyl sites for hydroxylation is 1. The maximum Gasteiger partial charge on any atom is 0.357 e. The third kappa shape index (κ3) is 5.63. The lowest BCUT2D eigenvalue weighted by atomic mass is 10.1. The van der Waals surface area contributed by atoms with E-state index < -0.39 is 21.9 Å². The number of rotatable bonds is 9. The number of methoxy groups -OCH3 is 1. The van der Waals surface area contributed by atoms with Crippen LogP contribution in [0.3, 0.4) is 0 Å². The summed E-state index contributed by atoms with van der Waals surface area (Å²) in [5.74, 6) is 1.68. The minimum Gasteiger partial charge on any atom is -0.493 e. The summed E-state index contributed by atoms with van der Waals surface area (Å²) in [6.07, 6.45) is 2.78. The smallest absolute Gasteiger partial charge is 0.357 e. The zero-order chi connectivity index (χ0) is 23.1. The summed E-state index contributed by atoms with van der Waals surface area (Å²) in [5.41, 5.74) is -1.12. The molecule has 10 heteroatoms. The van der Waals surface area contributed by atoms with Crippen LogP contribution in [0.15, 0.2) is 52.1 Å². The second-order valence-electron chi connectivity index (χ2n) is 6.68. The van der Waals surface area contributed by atoms with Gasteiger partial charge >= 0.3 is 16.9 Å². The van der Waals surface area contributed by atoms with Crippen LogP contribution in [0.5, 0.6) is 17.2 Å². The van der Waals surface area contributed by atoms with Gasteiger partial charge in [-0.05, 0) is 42.8 Å². The van der Waals surface area contributed by atoms with Crippen LogP contribution < -0.4 is 25.5 Å². The van der Waals surface area contributed by atoms with Gasteiger partial charge in [-0.2, -0.15) is 0 Å². The van der Waals surface area contributed by atoms with Gasteiger partial charge in [0.2, 0.25) is 0 Å². The molecule has 0 radical (unpaired) electrons. The monoisotopic (exact) mass is 439 g/mol. The Labute approximate surface area is 182 Å². The fourth-order valence-corrected chi connectivity index (χ4v) is 2.83. The number of aromatic nitrogens is 2. The van der Waals surface area contributed by atoms with Gasteiger partial charge in [-0.15, -0.1) is 0 Å². The maximum absolute atomic E-state index is 11.7. The number of H-pyrrole nitrogens is 2. The molecule has 10 nitrogen and oxygen atoms in total. The summed E-state index contributed by atoms with van der Waals surface area (Å²) in [6, 6.07) is 12.7. The SMILES string of the molecule is COc1cc(C=Cc2[nH]c(=O)[nH]c(=O)c2[N+](=O)[O-])ccc1OCCOc1ccc(C)cc1. The maximum atomic E-state index is 11.7. The Bertz CT molecular complexity index is 1240. The number of nitrogens with zero attached hydrogens (tertiary/aromatic N) is 1. The standard InChI is InChI=1S/C22H21N3O7/c1-14-3-7-16(8-4-14)31-11-12-32-18-10-6-15(13-19(18)30-2)5-9-17-20(25(28)29)21(26)24-22(27)23-17/h3-10,13H,11-12H2,1-2H3,(H2,23,24,26,27). The summed E-state index contributed by atoms with van der Waals surface area (Å²) in [4.78, 5) is 37.5. The Kier molecular flexibility index (Phi) is 7.06. The van der Waals surface area contributed by atoms with Crippen LogP contribution in [0.4, 0.5) is 5.69 Å². The summed E-state index contributed by atoms with van der Waals surface area (Å²) in [7, 11) is 1.48. The molecule has 0 spiro atoms. The zero-order valence-electron chi connectivity index (χ0n) is 17.4. The highest BCUT2D eigenvalue weighted by Gasteiger charge is 2.18. The molecule has 32 heavy (non-hydrogen) atoms. The molecule has 0 saturated carbocycles. The Hall–Kier alpha value is -4.34. The lowest BCUT2D eigenvalue weighted by Gasteiger charge is -2.12. The largest absolute Gasteiger partial charge is 0.493 e. The van der Waals surface area contributed by atoms with Gasteiger partial charge in [0.05, 0.1) is 12.0 Å². The number of hydrogen-bond acceptors (Lipinski definition) is 7. The van der Waals surface area contributed by atoms with Crippen molar-refractivity contribution in [2.24, 2.45) is 0 Å². The normalized spacial score (nSPS) is 10.8. The van der Waals surface area contributed by atoms with Gasteiger partial charge in [0.25, 0.3) is 0 Å². The van der Waals surface area contributed by atoms with Crippen molar-refractivity contribution >= 4 is 17.8 Å². The van der Waals surface area contributed by atoms with Crippen molar-refractivity contribution in [2.75, 3.05) is 20.3 Å². The molecule has 0 aliphatic rings. The summed E-state index contributed by atoms with van der Waals surface area (Å²) in [5, 5.41) is 11.1. The first kappa shape index (κ1) is 22.3. The first-order valence-corrected chi connectivity index (χ1v) is 9.57. The Balaban J connectivity index is 1.69. The second kappa shape index (κ2) is 10.1. The van der Waals surface area contributed by atoms with Gasteiger partial charge in [0, 0.05) is 0 Å². The molecule has 3 rings (SSSR count). The van der Waals surface area contributed by atoms with E-state index in [1.807, 2.05) is 36.2 Å². The minimum absolute atomic E-state index is 0.212. The molecule has 0 amide bonds. The molecule has 2 aromatic carbocycles. The topological polar surface area (TPSA) is 137 Å². The third-order valence-corrected chi connectivity index (χ3v) is 4.39. The van der Waals surface area contributed by atoms with Gasteiger partial charge in [-0.25, -0.2) is 4.79 Å². The van der Waals surface area contributed by atoms with Gasteiger partial charge in [0.15, 0.2) is 11.5 Å².